The van der Waals surface area contributed by atoms with Gasteiger partial charge in [0.1, 0.15) is 6.04 Å². The van der Waals surface area contributed by atoms with Crippen molar-refractivity contribution in [2.24, 2.45) is 5.73 Å². The zero-order valence-electron chi connectivity index (χ0n) is 9.77. The van der Waals surface area contributed by atoms with Gasteiger partial charge < -0.3 is 16.4 Å². The summed E-state index contributed by atoms with van der Waals surface area (Å²) in [4.78, 5) is 22.5. The summed E-state index contributed by atoms with van der Waals surface area (Å²) in [5.74, 6) is -0.540. The molecule has 92 valence electrons. The lowest BCUT2D eigenvalue weighted by atomic mass is 10.2. The number of hydrogen-bond donors (Lipinski definition) is 3. The van der Waals surface area contributed by atoms with Crippen LogP contribution in [0.4, 0.5) is 0 Å². The summed E-state index contributed by atoms with van der Waals surface area (Å²) in [6.07, 6.45) is 0. The molecule has 0 saturated carbocycles. The molecule has 0 aliphatic carbocycles. The fourth-order valence-electron chi connectivity index (χ4n) is 1.39. The Morgan fingerprint density at radius 2 is 1.94 bits per heavy atom. The number of nitrogens with one attached hydrogen (secondary N) is 2. The highest BCUT2D eigenvalue weighted by atomic mass is 16.2. The lowest BCUT2D eigenvalue weighted by Crippen LogP contribution is -2.50. The van der Waals surface area contributed by atoms with Gasteiger partial charge in [-0.2, -0.15) is 0 Å². The van der Waals surface area contributed by atoms with Gasteiger partial charge in [-0.15, -0.1) is 0 Å². The summed E-state index contributed by atoms with van der Waals surface area (Å²) in [6, 6.07) is 8.86. The molecule has 1 aromatic rings. The summed E-state index contributed by atoms with van der Waals surface area (Å²) in [7, 11) is 0. The van der Waals surface area contributed by atoms with Gasteiger partial charge >= 0.3 is 0 Å². The average Bonchev–Trinajstić information content (AvgIpc) is 2.34. The third kappa shape index (κ3) is 4.65. The van der Waals surface area contributed by atoms with Crippen molar-refractivity contribution in [2.75, 3.05) is 6.54 Å². The molecule has 0 radical (unpaired) electrons. The number of nitrogens with two attached hydrogens (primary N) is 1. The number of carbonyl (C=O) groups excluding carboxylic acids is 2. The monoisotopic (exact) mass is 235 g/mol. The van der Waals surface area contributed by atoms with E-state index in [0.717, 1.165) is 5.56 Å². The van der Waals surface area contributed by atoms with Crippen molar-refractivity contribution in [2.45, 2.75) is 19.5 Å². The Morgan fingerprint density at radius 1 is 1.29 bits per heavy atom. The van der Waals surface area contributed by atoms with Crippen LogP contribution in [0.3, 0.4) is 0 Å². The second kappa shape index (κ2) is 6.65. The fourth-order valence-corrected chi connectivity index (χ4v) is 1.39. The van der Waals surface area contributed by atoms with Gasteiger partial charge in [0.15, 0.2) is 0 Å². The van der Waals surface area contributed by atoms with Gasteiger partial charge in [0.05, 0.1) is 0 Å². The van der Waals surface area contributed by atoms with Crippen LogP contribution in [0, 0.1) is 0 Å². The number of hydrogen-bond acceptors (Lipinski definition) is 3. The van der Waals surface area contributed by atoms with E-state index in [1.54, 1.807) is 0 Å². The highest BCUT2D eigenvalue weighted by Gasteiger charge is 2.16. The quantitative estimate of drug-likeness (QED) is 0.659. The van der Waals surface area contributed by atoms with Crippen molar-refractivity contribution in [3.05, 3.63) is 35.9 Å². The molecule has 17 heavy (non-hydrogen) atoms. The van der Waals surface area contributed by atoms with Crippen LogP contribution in [0.2, 0.25) is 0 Å². The maximum absolute atomic E-state index is 11.7. The first-order valence-corrected chi connectivity index (χ1v) is 5.42. The average molecular weight is 235 g/mol. The Labute approximate surface area is 100 Å². The van der Waals surface area contributed by atoms with E-state index in [4.69, 9.17) is 5.73 Å². The van der Waals surface area contributed by atoms with Gasteiger partial charge in [-0.3, -0.25) is 9.59 Å². The van der Waals surface area contributed by atoms with Crippen LogP contribution in [0.25, 0.3) is 0 Å². The summed E-state index contributed by atoms with van der Waals surface area (Å²) < 4.78 is 0. The zero-order chi connectivity index (χ0) is 12.7. The summed E-state index contributed by atoms with van der Waals surface area (Å²) >= 11 is 0. The molecule has 0 spiro atoms. The van der Waals surface area contributed by atoms with Gasteiger partial charge in [-0.1, -0.05) is 30.3 Å². The van der Waals surface area contributed by atoms with Crippen molar-refractivity contribution < 1.29 is 9.59 Å². The first kappa shape index (κ1) is 13.2. The van der Waals surface area contributed by atoms with Crippen molar-refractivity contribution in [3.8, 4) is 0 Å². The number of carbonyl (C=O) groups is 2. The van der Waals surface area contributed by atoms with Crippen molar-refractivity contribution in [3.63, 3.8) is 0 Å². The summed E-state index contributed by atoms with van der Waals surface area (Å²) in [5, 5.41) is 5.21. The second-order valence-corrected chi connectivity index (χ2v) is 3.69. The zero-order valence-corrected chi connectivity index (χ0v) is 9.77. The van der Waals surface area contributed by atoms with E-state index in [9.17, 15) is 9.59 Å². The van der Waals surface area contributed by atoms with Crippen LogP contribution in [-0.4, -0.2) is 24.4 Å². The molecule has 0 aromatic heterocycles. The van der Waals surface area contributed by atoms with E-state index in [1.807, 2.05) is 30.3 Å². The Morgan fingerprint density at radius 3 is 2.47 bits per heavy atom. The third-order valence-corrected chi connectivity index (χ3v) is 2.24. The predicted molar refractivity (Wildman–Crippen MR) is 64.9 cm³/mol. The molecule has 0 aliphatic rings. The lowest BCUT2D eigenvalue weighted by molar-refractivity contribution is -0.127. The van der Waals surface area contributed by atoms with Crippen molar-refractivity contribution >= 4 is 11.8 Å². The maximum Gasteiger partial charge on any atom is 0.244 e. The van der Waals surface area contributed by atoms with Crippen LogP contribution in [0.15, 0.2) is 30.3 Å². The number of rotatable bonds is 5. The Balaban J connectivity index is 2.45. The van der Waals surface area contributed by atoms with Crippen LogP contribution < -0.4 is 16.4 Å². The molecule has 4 N–H and O–H groups in total. The first-order valence-electron chi connectivity index (χ1n) is 5.42. The number of benzene rings is 1. The van der Waals surface area contributed by atoms with Gasteiger partial charge in [0, 0.05) is 20.0 Å². The van der Waals surface area contributed by atoms with Gasteiger partial charge in [-0.25, -0.2) is 0 Å². The van der Waals surface area contributed by atoms with Gasteiger partial charge in [0.2, 0.25) is 11.8 Å². The third-order valence-electron chi connectivity index (χ3n) is 2.24. The second-order valence-electron chi connectivity index (χ2n) is 3.69. The molecule has 1 aromatic carbocycles. The molecule has 1 atom stereocenters. The Hall–Kier alpha value is -1.88. The minimum atomic E-state index is -0.670. The SMILES string of the molecule is CC(=O)N[C@@H](CN)C(=O)NCc1ccccc1. The minimum Gasteiger partial charge on any atom is -0.350 e. The molecule has 0 saturated heterocycles. The van der Waals surface area contributed by atoms with Crippen molar-refractivity contribution in [1.82, 2.24) is 10.6 Å². The van der Waals surface area contributed by atoms with E-state index in [0.29, 0.717) is 6.54 Å². The molecule has 5 heteroatoms. The van der Waals surface area contributed by atoms with Crippen LogP contribution in [0.1, 0.15) is 12.5 Å². The molecule has 2 amide bonds. The van der Waals surface area contributed by atoms with E-state index in [-0.39, 0.29) is 18.4 Å². The molecule has 5 nitrogen and oxygen atoms in total. The summed E-state index contributed by atoms with van der Waals surface area (Å²) in [6.45, 7) is 1.86. The van der Waals surface area contributed by atoms with Gasteiger partial charge in [0.25, 0.3) is 0 Å². The maximum atomic E-state index is 11.7. The molecule has 0 bridgehead atoms. The molecular formula is C12H17N3O2. The van der Waals surface area contributed by atoms with E-state index < -0.39 is 6.04 Å². The van der Waals surface area contributed by atoms with E-state index in [2.05, 4.69) is 10.6 Å². The molecular weight excluding hydrogens is 218 g/mol. The highest BCUT2D eigenvalue weighted by molar-refractivity contribution is 5.86. The van der Waals surface area contributed by atoms with E-state index in [1.165, 1.54) is 6.92 Å². The smallest absolute Gasteiger partial charge is 0.244 e. The summed E-state index contributed by atoms with van der Waals surface area (Å²) in [5.41, 5.74) is 6.41. The number of amides is 2. The van der Waals surface area contributed by atoms with Crippen LogP contribution >= 0.6 is 0 Å². The normalized spacial score (nSPS) is 11.6. The van der Waals surface area contributed by atoms with E-state index >= 15 is 0 Å². The lowest BCUT2D eigenvalue weighted by Gasteiger charge is -2.15. The van der Waals surface area contributed by atoms with Crippen LogP contribution in [-0.2, 0) is 16.1 Å². The minimum absolute atomic E-state index is 0.0835. The predicted octanol–water partition coefficient (Wildman–Crippen LogP) is -0.234. The molecule has 0 heterocycles. The highest BCUT2D eigenvalue weighted by Crippen LogP contribution is 1.97. The Kier molecular flexibility index (Phi) is 5.16. The Bertz CT molecular complexity index is 379. The van der Waals surface area contributed by atoms with Crippen molar-refractivity contribution in [1.29, 1.82) is 0 Å². The molecule has 0 unspecified atom stereocenters. The molecule has 0 fully saturated rings. The van der Waals surface area contributed by atoms with Crippen LogP contribution in [0.5, 0.6) is 0 Å². The largest absolute Gasteiger partial charge is 0.350 e. The fraction of sp³-hybridized carbons (Fsp3) is 0.333. The van der Waals surface area contributed by atoms with Gasteiger partial charge in [-0.05, 0) is 5.56 Å². The first-order chi connectivity index (χ1) is 8.13. The molecule has 1 rings (SSSR count). The standard InChI is InChI=1S/C12H17N3O2/c1-9(16)15-11(7-13)12(17)14-8-10-5-3-2-4-6-10/h2-6,11H,7-8,13H2,1H3,(H,14,17)(H,15,16)/t11-/m0/s1. The topological polar surface area (TPSA) is 84.2 Å². The molecule has 0 aliphatic heterocycles.